The molecule has 0 fully saturated rings. The molecule has 2 atom stereocenters. The van der Waals surface area contributed by atoms with E-state index < -0.39 is 29.8 Å². The van der Waals surface area contributed by atoms with Crippen LogP contribution in [0.1, 0.15) is 24.2 Å². The van der Waals surface area contributed by atoms with Crippen molar-refractivity contribution in [3.63, 3.8) is 0 Å². The molecule has 7 heteroatoms. The van der Waals surface area contributed by atoms with Crippen LogP contribution in [0.4, 0.5) is 9.18 Å². The number of hydrogen-bond acceptors (Lipinski definition) is 3. The number of carboxylic acid groups (broad SMARTS) is 1. The first-order chi connectivity index (χ1) is 11.9. The van der Waals surface area contributed by atoms with Gasteiger partial charge in [-0.3, -0.25) is 9.78 Å². The van der Waals surface area contributed by atoms with Gasteiger partial charge >= 0.3 is 12.0 Å². The maximum absolute atomic E-state index is 13.6. The molecular formula is C18H20FN3O3. The second-order valence-corrected chi connectivity index (χ2v) is 5.81. The fourth-order valence-corrected chi connectivity index (χ4v) is 2.37. The summed E-state index contributed by atoms with van der Waals surface area (Å²) in [5.41, 5.74) is 1.10. The van der Waals surface area contributed by atoms with Crippen molar-refractivity contribution in [3.8, 4) is 0 Å². The van der Waals surface area contributed by atoms with Gasteiger partial charge in [-0.05, 0) is 29.8 Å². The summed E-state index contributed by atoms with van der Waals surface area (Å²) in [5.74, 6) is -2.09. The Kier molecular flexibility index (Phi) is 6.05. The number of carboxylic acids is 1. The van der Waals surface area contributed by atoms with Gasteiger partial charge in [0.2, 0.25) is 0 Å². The van der Waals surface area contributed by atoms with Crippen LogP contribution in [0.15, 0.2) is 48.7 Å². The summed E-state index contributed by atoms with van der Waals surface area (Å²) in [6.07, 6.45) is 1.59. The zero-order valence-corrected chi connectivity index (χ0v) is 14.0. The minimum atomic E-state index is -0.981. The van der Waals surface area contributed by atoms with Crippen molar-refractivity contribution in [2.24, 2.45) is 5.92 Å². The Bertz CT molecular complexity index is 739. The lowest BCUT2D eigenvalue weighted by Gasteiger charge is -2.25. The molecule has 1 heterocycles. The molecule has 0 aliphatic rings. The van der Waals surface area contributed by atoms with E-state index in [4.69, 9.17) is 5.11 Å². The number of carbonyl (C=O) groups is 2. The highest BCUT2D eigenvalue weighted by molar-refractivity contribution is 5.76. The number of urea groups is 1. The number of aromatic nitrogens is 1. The number of rotatable bonds is 6. The number of aliphatic carboxylic acids is 1. The lowest BCUT2D eigenvalue weighted by molar-refractivity contribution is -0.141. The number of benzene rings is 1. The molecule has 0 radical (unpaired) electrons. The van der Waals surface area contributed by atoms with Gasteiger partial charge in [-0.15, -0.1) is 0 Å². The second-order valence-electron chi connectivity index (χ2n) is 5.81. The number of pyridine rings is 1. The third-order valence-electron chi connectivity index (χ3n) is 3.75. The fraction of sp³-hybridized carbons (Fsp3) is 0.278. The number of hydrogen-bond donors (Lipinski definition) is 2. The predicted octanol–water partition coefficient (Wildman–Crippen LogP) is 2.67. The van der Waals surface area contributed by atoms with Crippen LogP contribution in [0.2, 0.25) is 0 Å². The summed E-state index contributed by atoms with van der Waals surface area (Å²) in [4.78, 5) is 28.9. The van der Waals surface area contributed by atoms with Gasteiger partial charge in [-0.1, -0.05) is 25.1 Å². The van der Waals surface area contributed by atoms with E-state index in [9.17, 15) is 14.0 Å². The van der Waals surface area contributed by atoms with Gasteiger partial charge in [0.05, 0.1) is 17.7 Å². The fourth-order valence-electron chi connectivity index (χ4n) is 2.37. The van der Waals surface area contributed by atoms with Gasteiger partial charge in [-0.25, -0.2) is 9.18 Å². The highest BCUT2D eigenvalue weighted by Gasteiger charge is 2.22. The first-order valence-electron chi connectivity index (χ1n) is 7.79. The van der Waals surface area contributed by atoms with Crippen LogP contribution in [0, 0.1) is 11.7 Å². The highest BCUT2D eigenvalue weighted by Crippen LogP contribution is 2.21. The zero-order valence-electron chi connectivity index (χ0n) is 14.0. The molecule has 0 aliphatic carbocycles. The summed E-state index contributed by atoms with van der Waals surface area (Å²) in [7, 11) is 1.51. The molecule has 2 amide bonds. The maximum Gasteiger partial charge on any atom is 0.317 e. The van der Waals surface area contributed by atoms with Crippen molar-refractivity contribution >= 4 is 12.0 Å². The molecule has 0 spiro atoms. The molecule has 0 aliphatic heterocycles. The Morgan fingerprint density at radius 1 is 1.28 bits per heavy atom. The quantitative estimate of drug-likeness (QED) is 0.843. The molecule has 0 saturated carbocycles. The van der Waals surface area contributed by atoms with Crippen LogP contribution in [0.25, 0.3) is 0 Å². The number of amides is 2. The van der Waals surface area contributed by atoms with Crippen LogP contribution < -0.4 is 5.32 Å². The normalized spacial score (nSPS) is 12.9. The van der Waals surface area contributed by atoms with Crippen molar-refractivity contribution in [1.29, 1.82) is 0 Å². The molecule has 0 saturated heterocycles. The minimum absolute atomic E-state index is 0.0548. The van der Waals surface area contributed by atoms with Crippen LogP contribution in [0.3, 0.4) is 0 Å². The smallest absolute Gasteiger partial charge is 0.317 e. The topological polar surface area (TPSA) is 82.5 Å². The Morgan fingerprint density at radius 3 is 2.64 bits per heavy atom. The van der Waals surface area contributed by atoms with E-state index in [0.717, 1.165) is 0 Å². The van der Waals surface area contributed by atoms with Crippen LogP contribution >= 0.6 is 0 Å². The molecular weight excluding hydrogens is 325 g/mol. The second kappa shape index (κ2) is 8.23. The average Bonchev–Trinajstić information content (AvgIpc) is 2.59. The standard InChI is InChI=1S/C18H20FN3O3/c1-12(17(23)24)11-22(2)18(25)21-16(15-8-3-4-9-20-15)13-6-5-7-14(19)10-13/h3-10,12,16H,11H2,1-2H3,(H,21,25)(H,23,24). The first-order valence-corrected chi connectivity index (χ1v) is 7.79. The molecule has 0 bridgehead atoms. The van der Waals surface area contributed by atoms with Crippen molar-refractivity contribution in [2.75, 3.05) is 13.6 Å². The molecule has 2 aromatic rings. The summed E-state index contributed by atoms with van der Waals surface area (Å²) >= 11 is 0. The lowest BCUT2D eigenvalue weighted by atomic mass is 10.0. The van der Waals surface area contributed by atoms with E-state index in [1.54, 1.807) is 36.5 Å². The minimum Gasteiger partial charge on any atom is -0.481 e. The largest absolute Gasteiger partial charge is 0.481 e. The van der Waals surface area contributed by atoms with E-state index in [1.807, 2.05) is 0 Å². The molecule has 2 N–H and O–H groups in total. The SMILES string of the molecule is CC(CN(C)C(=O)NC(c1cccc(F)c1)c1ccccn1)C(=O)O. The molecule has 1 aromatic heterocycles. The number of nitrogens with one attached hydrogen (secondary N) is 1. The summed E-state index contributed by atoms with van der Waals surface area (Å²) in [6, 6.07) is 10.0. The lowest BCUT2D eigenvalue weighted by Crippen LogP contribution is -2.42. The Morgan fingerprint density at radius 2 is 2.04 bits per heavy atom. The summed E-state index contributed by atoms with van der Waals surface area (Å²) in [6.45, 7) is 1.58. The number of carbonyl (C=O) groups excluding carboxylic acids is 1. The summed E-state index contributed by atoms with van der Waals surface area (Å²) < 4.78 is 13.6. The van der Waals surface area contributed by atoms with Gasteiger partial charge in [0.25, 0.3) is 0 Å². The van der Waals surface area contributed by atoms with Gasteiger partial charge in [-0.2, -0.15) is 0 Å². The van der Waals surface area contributed by atoms with Crippen molar-refractivity contribution in [3.05, 3.63) is 65.7 Å². The predicted molar refractivity (Wildman–Crippen MR) is 90.4 cm³/mol. The average molecular weight is 345 g/mol. The molecule has 1 aromatic carbocycles. The van der Waals surface area contributed by atoms with Gasteiger partial charge in [0.1, 0.15) is 5.82 Å². The highest BCUT2D eigenvalue weighted by atomic mass is 19.1. The van der Waals surface area contributed by atoms with Crippen LogP contribution in [-0.4, -0.2) is 40.6 Å². The Hall–Kier alpha value is -2.96. The van der Waals surface area contributed by atoms with E-state index in [0.29, 0.717) is 11.3 Å². The van der Waals surface area contributed by atoms with Gasteiger partial charge in [0, 0.05) is 19.8 Å². The van der Waals surface area contributed by atoms with E-state index in [-0.39, 0.29) is 6.54 Å². The number of halogens is 1. The molecule has 25 heavy (non-hydrogen) atoms. The Labute approximate surface area is 145 Å². The van der Waals surface area contributed by atoms with Crippen molar-refractivity contribution in [2.45, 2.75) is 13.0 Å². The monoisotopic (exact) mass is 345 g/mol. The van der Waals surface area contributed by atoms with Gasteiger partial charge < -0.3 is 15.3 Å². The van der Waals surface area contributed by atoms with E-state index in [1.165, 1.54) is 31.0 Å². The first kappa shape index (κ1) is 18.4. The van der Waals surface area contributed by atoms with Crippen molar-refractivity contribution < 1.29 is 19.1 Å². The van der Waals surface area contributed by atoms with E-state index in [2.05, 4.69) is 10.3 Å². The van der Waals surface area contributed by atoms with Crippen LogP contribution in [0.5, 0.6) is 0 Å². The third-order valence-corrected chi connectivity index (χ3v) is 3.75. The summed E-state index contributed by atoms with van der Waals surface area (Å²) in [5, 5.41) is 11.8. The van der Waals surface area contributed by atoms with E-state index >= 15 is 0 Å². The molecule has 2 rings (SSSR count). The van der Waals surface area contributed by atoms with Crippen LogP contribution in [-0.2, 0) is 4.79 Å². The molecule has 6 nitrogen and oxygen atoms in total. The number of nitrogens with zero attached hydrogens (tertiary/aromatic N) is 2. The maximum atomic E-state index is 13.6. The molecule has 2 unspecified atom stereocenters. The van der Waals surface area contributed by atoms with Gasteiger partial charge in [0.15, 0.2) is 0 Å². The zero-order chi connectivity index (χ0) is 18.4. The molecule has 132 valence electrons. The third kappa shape index (κ3) is 5.00. The van der Waals surface area contributed by atoms with Crippen molar-refractivity contribution in [1.82, 2.24) is 15.2 Å². The Balaban J connectivity index is 2.22.